The van der Waals surface area contributed by atoms with Crippen LogP contribution in [-0.4, -0.2) is 21.4 Å². The Kier molecular flexibility index (Phi) is 4.43. The standard InChI is InChI=1S/C17H19N3O2S/c1-11-14(12(2)22-19-11)8-18-17(21)10-23-16-9-20(3)15-7-5-4-6-13(15)16/h4-7,9H,8,10H2,1-3H3,(H,18,21). The molecule has 3 rings (SSSR count). The van der Waals surface area contributed by atoms with Crippen LogP contribution in [0.1, 0.15) is 17.0 Å². The van der Waals surface area contributed by atoms with Crippen LogP contribution in [0, 0.1) is 13.8 Å². The summed E-state index contributed by atoms with van der Waals surface area (Å²) in [7, 11) is 2.02. The highest BCUT2D eigenvalue weighted by atomic mass is 32.2. The van der Waals surface area contributed by atoms with Crippen molar-refractivity contribution in [3.63, 3.8) is 0 Å². The Labute approximate surface area is 139 Å². The van der Waals surface area contributed by atoms with Crippen LogP contribution in [-0.2, 0) is 18.4 Å². The minimum absolute atomic E-state index is 0.00272. The van der Waals surface area contributed by atoms with Crippen molar-refractivity contribution in [2.24, 2.45) is 7.05 Å². The summed E-state index contributed by atoms with van der Waals surface area (Å²) in [4.78, 5) is 13.2. The van der Waals surface area contributed by atoms with E-state index in [2.05, 4.69) is 33.4 Å². The third-order valence-corrected chi connectivity index (χ3v) is 4.91. The number of aromatic nitrogens is 2. The number of nitrogens with one attached hydrogen (secondary N) is 1. The van der Waals surface area contributed by atoms with E-state index in [-0.39, 0.29) is 5.91 Å². The van der Waals surface area contributed by atoms with E-state index in [0.717, 1.165) is 21.9 Å². The molecule has 0 aliphatic carbocycles. The van der Waals surface area contributed by atoms with Crippen molar-refractivity contribution in [2.45, 2.75) is 25.3 Å². The van der Waals surface area contributed by atoms with E-state index in [1.54, 1.807) is 11.8 Å². The number of aryl methyl sites for hydroxylation is 3. The molecule has 23 heavy (non-hydrogen) atoms. The Morgan fingerprint density at radius 3 is 2.87 bits per heavy atom. The number of carbonyl (C=O) groups is 1. The smallest absolute Gasteiger partial charge is 0.230 e. The monoisotopic (exact) mass is 329 g/mol. The predicted octanol–water partition coefficient (Wildman–Crippen LogP) is 3.19. The molecule has 2 heterocycles. The van der Waals surface area contributed by atoms with Gasteiger partial charge in [-0.15, -0.1) is 11.8 Å². The highest BCUT2D eigenvalue weighted by molar-refractivity contribution is 8.00. The van der Waals surface area contributed by atoms with Gasteiger partial charge in [-0.3, -0.25) is 4.79 Å². The molecule has 0 saturated heterocycles. The zero-order valence-electron chi connectivity index (χ0n) is 13.4. The molecule has 0 atom stereocenters. The maximum absolute atomic E-state index is 12.1. The van der Waals surface area contributed by atoms with Gasteiger partial charge in [0.15, 0.2) is 0 Å². The van der Waals surface area contributed by atoms with Crippen LogP contribution in [0.5, 0.6) is 0 Å². The summed E-state index contributed by atoms with van der Waals surface area (Å²) in [5.74, 6) is 1.14. The highest BCUT2D eigenvalue weighted by Crippen LogP contribution is 2.29. The molecule has 1 N–H and O–H groups in total. The molecule has 5 nitrogen and oxygen atoms in total. The van der Waals surface area contributed by atoms with Gasteiger partial charge in [-0.2, -0.15) is 0 Å². The molecule has 2 aromatic heterocycles. The summed E-state index contributed by atoms with van der Waals surface area (Å²) in [5.41, 5.74) is 2.95. The van der Waals surface area contributed by atoms with Gasteiger partial charge in [0.1, 0.15) is 5.76 Å². The first-order valence-electron chi connectivity index (χ1n) is 7.41. The van der Waals surface area contributed by atoms with Crippen molar-refractivity contribution >= 4 is 28.6 Å². The number of benzene rings is 1. The van der Waals surface area contributed by atoms with Crippen molar-refractivity contribution < 1.29 is 9.32 Å². The fourth-order valence-electron chi connectivity index (χ4n) is 2.56. The number of thioether (sulfide) groups is 1. The van der Waals surface area contributed by atoms with Crippen molar-refractivity contribution in [3.8, 4) is 0 Å². The molecular weight excluding hydrogens is 310 g/mol. The van der Waals surface area contributed by atoms with Gasteiger partial charge >= 0.3 is 0 Å². The normalized spacial score (nSPS) is 11.1. The summed E-state index contributed by atoms with van der Waals surface area (Å²) >= 11 is 1.55. The van der Waals surface area contributed by atoms with Crippen LogP contribution in [0.15, 0.2) is 39.9 Å². The van der Waals surface area contributed by atoms with E-state index in [9.17, 15) is 4.79 Å². The zero-order valence-corrected chi connectivity index (χ0v) is 14.2. The summed E-state index contributed by atoms with van der Waals surface area (Å²) in [6, 6.07) is 8.20. The van der Waals surface area contributed by atoms with Crippen LogP contribution >= 0.6 is 11.8 Å². The number of nitrogens with zero attached hydrogens (tertiary/aromatic N) is 2. The lowest BCUT2D eigenvalue weighted by molar-refractivity contribution is -0.118. The molecule has 0 saturated carbocycles. The molecule has 0 unspecified atom stereocenters. The Morgan fingerprint density at radius 1 is 1.35 bits per heavy atom. The van der Waals surface area contributed by atoms with Crippen LogP contribution in [0.2, 0.25) is 0 Å². The lowest BCUT2D eigenvalue weighted by Crippen LogP contribution is -2.25. The first-order valence-corrected chi connectivity index (χ1v) is 8.40. The van der Waals surface area contributed by atoms with E-state index >= 15 is 0 Å². The molecule has 1 aromatic carbocycles. The molecule has 0 radical (unpaired) electrons. The highest BCUT2D eigenvalue weighted by Gasteiger charge is 2.12. The van der Waals surface area contributed by atoms with E-state index in [1.807, 2.05) is 33.0 Å². The largest absolute Gasteiger partial charge is 0.361 e. The molecule has 3 aromatic rings. The van der Waals surface area contributed by atoms with Crippen LogP contribution in [0.4, 0.5) is 0 Å². The van der Waals surface area contributed by atoms with Crippen molar-refractivity contribution in [2.75, 3.05) is 5.75 Å². The van der Waals surface area contributed by atoms with Crippen LogP contribution < -0.4 is 5.32 Å². The SMILES string of the molecule is Cc1noc(C)c1CNC(=O)CSc1cn(C)c2ccccc12. The van der Waals surface area contributed by atoms with Crippen molar-refractivity contribution in [3.05, 3.63) is 47.5 Å². The van der Waals surface area contributed by atoms with Gasteiger partial charge in [0.05, 0.1) is 11.4 Å². The van der Waals surface area contributed by atoms with Gasteiger partial charge in [-0.25, -0.2) is 0 Å². The molecule has 0 spiro atoms. The number of rotatable bonds is 5. The second-order valence-electron chi connectivity index (χ2n) is 5.49. The number of hydrogen-bond acceptors (Lipinski definition) is 4. The topological polar surface area (TPSA) is 60.1 Å². The second kappa shape index (κ2) is 6.50. The molecule has 0 bridgehead atoms. The third-order valence-electron chi connectivity index (χ3n) is 3.86. The first kappa shape index (κ1) is 15.7. The lowest BCUT2D eigenvalue weighted by atomic mass is 10.2. The van der Waals surface area contributed by atoms with E-state index in [1.165, 1.54) is 10.9 Å². The minimum atomic E-state index is 0.00272. The number of hydrogen-bond donors (Lipinski definition) is 1. The zero-order chi connectivity index (χ0) is 16.4. The molecular formula is C17H19N3O2S. The Morgan fingerprint density at radius 2 is 2.13 bits per heavy atom. The lowest BCUT2D eigenvalue weighted by Gasteiger charge is -2.04. The van der Waals surface area contributed by atoms with Crippen molar-refractivity contribution in [1.29, 1.82) is 0 Å². The van der Waals surface area contributed by atoms with Crippen LogP contribution in [0.3, 0.4) is 0 Å². The van der Waals surface area contributed by atoms with Gasteiger partial charge in [0.2, 0.25) is 5.91 Å². The first-order chi connectivity index (χ1) is 11.1. The van der Waals surface area contributed by atoms with Crippen LogP contribution in [0.25, 0.3) is 10.9 Å². The summed E-state index contributed by atoms with van der Waals surface area (Å²) in [5, 5.41) is 7.99. The summed E-state index contributed by atoms with van der Waals surface area (Å²) < 4.78 is 7.18. The Hall–Kier alpha value is -2.21. The maximum atomic E-state index is 12.1. The van der Waals surface area contributed by atoms with Gasteiger partial charge in [0.25, 0.3) is 0 Å². The van der Waals surface area contributed by atoms with E-state index < -0.39 is 0 Å². The molecule has 120 valence electrons. The number of para-hydroxylation sites is 1. The number of carbonyl (C=O) groups excluding carboxylic acids is 1. The number of fused-ring (bicyclic) bond motifs is 1. The Balaban J connectivity index is 1.60. The predicted molar refractivity (Wildman–Crippen MR) is 91.5 cm³/mol. The average molecular weight is 329 g/mol. The van der Waals surface area contributed by atoms with Gasteiger partial charge in [-0.1, -0.05) is 23.4 Å². The van der Waals surface area contributed by atoms with Gasteiger partial charge < -0.3 is 14.4 Å². The van der Waals surface area contributed by atoms with E-state index in [4.69, 9.17) is 4.52 Å². The molecule has 6 heteroatoms. The summed E-state index contributed by atoms with van der Waals surface area (Å²) in [6.45, 7) is 4.19. The maximum Gasteiger partial charge on any atom is 0.230 e. The van der Waals surface area contributed by atoms with Crippen molar-refractivity contribution in [1.82, 2.24) is 15.0 Å². The van der Waals surface area contributed by atoms with E-state index in [0.29, 0.717) is 12.3 Å². The fourth-order valence-corrected chi connectivity index (χ4v) is 3.50. The third kappa shape index (κ3) is 3.27. The molecule has 1 amide bonds. The Bertz CT molecular complexity index is 831. The fraction of sp³-hybridized carbons (Fsp3) is 0.294. The number of amides is 1. The molecule has 0 fully saturated rings. The molecule has 0 aliphatic rings. The average Bonchev–Trinajstić information content (AvgIpc) is 3.04. The second-order valence-corrected chi connectivity index (χ2v) is 6.51. The summed E-state index contributed by atoms with van der Waals surface area (Å²) in [6.07, 6.45) is 2.07. The minimum Gasteiger partial charge on any atom is -0.361 e. The van der Waals surface area contributed by atoms with Gasteiger partial charge in [0, 0.05) is 41.2 Å². The quantitative estimate of drug-likeness (QED) is 0.730. The molecule has 0 aliphatic heterocycles. The van der Waals surface area contributed by atoms with Gasteiger partial charge in [-0.05, 0) is 19.9 Å².